The Morgan fingerprint density at radius 1 is 1.21 bits per heavy atom. The van der Waals surface area contributed by atoms with Crippen LogP contribution in [0.1, 0.15) is 52.9 Å². The molecule has 1 amide bonds. The molecule has 3 heteroatoms. The largest absolute Gasteiger partial charge is 0.342 e. The summed E-state index contributed by atoms with van der Waals surface area (Å²) in [5, 5.41) is 3.43. The molecule has 0 aliphatic carbocycles. The van der Waals surface area contributed by atoms with Crippen LogP contribution in [0.4, 0.5) is 0 Å². The second-order valence-electron chi connectivity index (χ2n) is 6.84. The van der Waals surface area contributed by atoms with Crippen molar-refractivity contribution in [3.05, 3.63) is 0 Å². The molecule has 3 atom stereocenters. The molecule has 2 rings (SSSR count). The highest BCUT2D eigenvalue weighted by atomic mass is 16.2. The molecule has 2 aliphatic rings. The van der Waals surface area contributed by atoms with E-state index < -0.39 is 0 Å². The van der Waals surface area contributed by atoms with E-state index in [1.807, 2.05) is 0 Å². The maximum absolute atomic E-state index is 12.6. The van der Waals surface area contributed by atoms with Gasteiger partial charge in [0.05, 0.1) is 0 Å². The third-order valence-corrected chi connectivity index (χ3v) is 5.00. The first-order chi connectivity index (χ1) is 9.08. The fourth-order valence-electron chi connectivity index (χ4n) is 3.62. The fourth-order valence-corrected chi connectivity index (χ4v) is 3.62. The molecule has 1 unspecified atom stereocenters. The maximum Gasteiger partial charge on any atom is 0.225 e. The Bertz CT molecular complexity index is 303. The Labute approximate surface area is 118 Å². The van der Waals surface area contributed by atoms with E-state index in [9.17, 15) is 4.79 Å². The molecule has 0 aromatic carbocycles. The highest BCUT2D eigenvalue weighted by molar-refractivity contribution is 5.79. The Kier molecular flexibility index (Phi) is 5.26. The van der Waals surface area contributed by atoms with Crippen LogP contribution >= 0.6 is 0 Å². The van der Waals surface area contributed by atoms with Gasteiger partial charge >= 0.3 is 0 Å². The molecule has 2 fully saturated rings. The molecule has 110 valence electrons. The Morgan fingerprint density at radius 3 is 2.68 bits per heavy atom. The second kappa shape index (κ2) is 6.74. The summed E-state index contributed by atoms with van der Waals surface area (Å²) in [5.74, 6) is 2.27. The average molecular weight is 266 g/mol. The third kappa shape index (κ3) is 3.95. The minimum Gasteiger partial charge on any atom is -0.342 e. The Morgan fingerprint density at radius 2 is 2.00 bits per heavy atom. The lowest BCUT2D eigenvalue weighted by Crippen LogP contribution is -2.44. The number of hydrogen-bond donors (Lipinski definition) is 1. The zero-order valence-corrected chi connectivity index (χ0v) is 12.8. The van der Waals surface area contributed by atoms with E-state index in [1.54, 1.807) is 0 Å². The highest BCUT2D eigenvalue weighted by Crippen LogP contribution is 2.26. The van der Waals surface area contributed by atoms with E-state index in [4.69, 9.17) is 0 Å². The minimum absolute atomic E-state index is 0.270. The monoisotopic (exact) mass is 266 g/mol. The first-order valence-electron chi connectivity index (χ1n) is 8.10. The summed E-state index contributed by atoms with van der Waals surface area (Å²) in [6.07, 6.45) is 5.72. The molecule has 0 radical (unpaired) electrons. The molecule has 19 heavy (non-hydrogen) atoms. The van der Waals surface area contributed by atoms with Crippen LogP contribution in [0.5, 0.6) is 0 Å². The molecule has 3 nitrogen and oxygen atoms in total. The number of carbonyl (C=O) groups excluding carboxylic acids is 1. The predicted molar refractivity (Wildman–Crippen MR) is 78.9 cm³/mol. The molecule has 2 aliphatic heterocycles. The lowest BCUT2D eigenvalue weighted by Gasteiger charge is -2.31. The van der Waals surface area contributed by atoms with Crippen LogP contribution in [-0.2, 0) is 4.79 Å². The molecular formula is C16H30N2O. The quantitative estimate of drug-likeness (QED) is 0.833. The molecule has 1 N–H and O–H groups in total. The topological polar surface area (TPSA) is 32.3 Å². The third-order valence-electron chi connectivity index (χ3n) is 5.00. The fraction of sp³-hybridized carbons (Fsp3) is 0.938. The number of hydrogen-bond acceptors (Lipinski definition) is 2. The minimum atomic E-state index is 0.270. The van der Waals surface area contributed by atoms with Crippen molar-refractivity contribution < 1.29 is 4.79 Å². The van der Waals surface area contributed by atoms with Gasteiger partial charge in [0.15, 0.2) is 0 Å². The second-order valence-corrected chi connectivity index (χ2v) is 6.84. The van der Waals surface area contributed by atoms with Gasteiger partial charge in [0.1, 0.15) is 0 Å². The van der Waals surface area contributed by atoms with Gasteiger partial charge in [0.2, 0.25) is 5.91 Å². The lowest BCUT2D eigenvalue weighted by molar-refractivity contribution is -0.136. The van der Waals surface area contributed by atoms with Crippen LogP contribution < -0.4 is 5.32 Å². The van der Waals surface area contributed by atoms with Gasteiger partial charge in [0, 0.05) is 25.0 Å². The summed E-state index contributed by atoms with van der Waals surface area (Å²) in [6.45, 7) is 9.80. The van der Waals surface area contributed by atoms with Gasteiger partial charge in [-0.05, 0) is 57.4 Å². The maximum atomic E-state index is 12.6. The van der Waals surface area contributed by atoms with E-state index in [2.05, 4.69) is 31.0 Å². The van der Waals surface area contributed by atoms with Crippen LogP contribution in [0.2, 0.25) is 0 Å². The van der Waals surface area contributed by atoms with Crippen molar-refractivity contribution in [3.63, 3.8) is 0 Å². The van der Waals surface area contributed by atoms with Crippen LogP contribution in [0.25, 0.3) is 0 Å². The zero-order valence-electron chi connectivity index (χ0n) is 12.8. The molecule has 0 aromatic heterocycles. The number of piperidine rings is 1. The van der Waals surface area contributed by atoms with Crippen LogP contribution in [0.15, 0.2) is 0 Å². The summed E-state index contributed by atoms with van der Waals surface area (Å²) in [7, 11) is 0. The molecule has 0 saturated carbocycles. The average Bonchev–Trinajstić information content (AvgIpc) is 2.63. The number of rotatable bonds is 2. The van der Waals surface area contributed by atoms with E-state index in [-0.39, 0.29) is 5.92 Å². The van der Waals surface area contributed by atoms with Gasteiger partial charge in [-0.15, -0.1) is 0 Å². The van der Waals surface area contributed by atoms with Gasteiger partial charge in [-0.1, -0.05) is 13.8 Å². The number of amides is 1. The number of likely N-dealkylation sites (tertiary alicyclic amines) is 1. The van der Waals surface area contributed by atoms with Crippen molar-refractivity contribution in [3.8, 4) is 0 Å². The normalized spacial score (nSPS) is 33.3. The lowest BCUT2D eigenvalue weighted by atomic mass is 9.89. The summed E-state index contributed by atoms with van der Waals surface area (Å²) in [6, 6.07) is 0.498. The standard InChI is InChI=1S/C16H30N2O/c1-12(2)14-5-4-9-18(10-7-14)16(19)15-6-8-17-13(3)11-15/h12-15,17H,4-11H2,1-3H3/t13-,14?,15-/m0/s1. The van der Waals surface area contributed by atoms with Crippen molar-refractivity contribution in [2.45, 2.75) is 58.9 Å². The van der Waals surface area contributed by atoms with E-state index in [0.29, 0.717) is 11.9 Å². The van der Waals surface area contributed by atoms with Crippen LogP contribution in [-0.4, -0.2) is 36.5 Å². The van der Waals surface area contributed by atoms with Gasteiger partial charge < -0.3 is 10.2 Å². The molecule has 2 saturated heterocycles. The van der Waals surface area contributed by atoms with Gasteiger partial charge in [0.25, 0.3) is 0 Å². The summed E-state index contributed by atoms with van der Waals surface area (Å²) >= 11 is 0. The number of carbonyl (C=O) groups is 1. The highest BCUT2D eigenvalue weighted by Gasteiger charge is 2.30. The van der Waals surface area contributed by atoms with Crippen molar-refractivity contribution in [2.24, 2.45) is 17.8 Å². The van der Waals surface area contributed by atoms with Crippen LogP contribution in [0, 0.1) is 17.8 Å². The number of nitrogens with one attached hydrogen (secondary N) is 1. The van der Waals surface area contributed by atoms with Gasteiger partial charge in [-0.25, -0.2) is 0 Å². The first kappa shape index (κ1) is 14.8. The molecule has 0 spiro atoms. The summed E-state index contributed by atoms with van der Waals surface area (Å²) in [4.78, 5) is 14.8. The van der Waals surface area contributed by atoms with E-state index in [0.717, 1.165) is 44.3 Å². The SMILES string of the molecule is CC(C)C1CCCN(C(=O)[C@H]2CCN[C@@H](C)C2)CC1. The van der Waals surface area contributed by atoms with Crippen molar-refractivity contribution in [2.75, 3.05) is 19.6 Å². The van der Waals surface area contributed by atoms with Crippen LogP contribution in [0.3, 0.4) is 0 Å². The number of nitrogens with zero attached hydrogens (tertiary/aromatic N) is 1. The predicted octanol–water partition coefficient (Wildman–Crippen LogP) is 2.66. The summed E-state index contributed by atoms with van der Waals surface area (Å²) < 4.78 is 0. The van der Waals surface area contributed by atoms with Crippen molar-refractivity contribution in [1.82, 2.24) is 10.2 Å². The molecule has 0 bridgehead atoms. The summed E-state index contributed by atoms with van der Waals surface area (Å²) in [5.41, 5.74) is 0. The first-order valence-corrected chi connectivity index (χ1v) is 8.10. The molecular weight excluding hydrogens is 236 g/mol. The van der Waals surface area contributed by atoms with Crippen molar-refractivity contribution in [1.29, 1.82) is 0 Å². The van der Waals surface area contributed by atoms with Crippen molar-refractivity contribution >= 4 is 5.91 Å². The zero-order chi connectivity index (χ0) is 13.8. The van der Waals surface area contributed by atoms with Gasteiger partial charge in [-0.3, -0.25) is 4.79 Å². The van der Waals surface area contributed by atoms with E-state index in [1.165, 1.54) is 19.3 Å². The Balaban J connectivity index is 1.88. The Hall–Kier alpha value is -0.570. The van der Waals surface area contributed by atoms with Gasteiger partial charge in [-0.2, -0.15) is 0 Å². The molecule has 2 heterocycles. The van der Waals surface area contributed by atoms with E-state index >= 15 is 0 Å². The molecule has 0 aromatic rings. The smallest absolute Gasteiger partial charge is 0.225 e.